The first-order valence-electron chi connectivity index (χ1n) is 7.50. The normalized spacial score (nSPS) is 10.4. The summed E-state index contributed by atoms with van der Waals surface area (Å²) in [5.74, 6) is -1.92. The molecule has 0 atom stereocenters. The molecule has 3 rings (SSSR count). The van der Waals surface area contributed by atoms with Crippen molar-refractivity contribution in [3.05, 3.63) is 76.1 Å². The lowest BCUT2D eigenvalue weighted by Gasteiger charge is -2.11. The second kappa shape index (κ2) is 7.09. The Morgan fingerprint density at radius 1 is 1.00 bits per heavy atom. The number of halogens is 2. The molecule has 3 aromatic rings. The lowest BCUT2D eigenvalue weighted by atomic mass is 10.2. The molecule has 1 aromatic heterocycles. The van der Waals surface area contributed by atoms with Crippen molar-refractivity contribution in [1.82, 2.24) is 9.97 Å². The van der Waals surface area contributed by atoms with Gasteiger partial charge in [-0.05, 0) is 30.7 Å². The van der Waals surface area contributed by atoms with Gasteiger partial charge in [-0.2, -0.15) is 0 Å². The zero-order chi connectivity index (χ0) is 18.7. The number of para-hydroxylation sites is 1. The van der Waals surface area contributed by atoms with E-state index in [4.69, 9.17) is 0 Å². The highest BCUT2D eigenvalue weighted by Crippen LogP contribution is 2.34. The largest absolute Gasteiger partial charge is 0.353 e. The van der Waals surface area contributed by atoms with Gasteiger partial charge in [0.05, 0.1) is 10.6 Å². The predicted molar refractivity (Wildman–Crippen MR) is 92.8 cm³/mol. The molecule has 1 heterocycles. The van der Waals surface area contributed by atoms with Crippen LogP contribution in [0.25, 0.3) is 0 Å². The van der Waals surface area contributed by atoms with Crippen LogP contribution in [-0.4, -0.2) is 14.9 Å². The predicted octanol–water partition coefficient (Wildman–Crippen LogP) is 4.46. The molecule has 2 N–H and O–H groups in total. The number of benzene rings is 2. The SMILES string of the molecule is Cc1ccccc1Nc1ncnc(Nc2ccc(F)cc2F)c1[N+](=O)[O-]. The van der Waals surface area contributed by atoms with E-state index in [9.17, 15) is 18.9 Å². The molecule has 0 radical (unpaired) electrons. The van der Waals surface area contributed by atoms with E-state index in [0.29, 0.717) is 11.8 Å². The minimum Gasteiger partial charge on any atom is -0.334 e. The first-order valence-corrected chi connectivity index (χ1v) is 7.50. The summed E-state index contributed by atoms with van der Waals surface area (Å²) in [4.78, 5) is 18.6. The van der Waals surface area contributed by atoms with Crippen molar-refractivity contribution in [3.63, 3.8) is 0 Å². The number of aryl methyl sites for hydroxylation is 1. The van der Waals surface area contributed by atoms with E-state index in [1.54, 1.807) is 12.1 Å². The van der Waals surface area contributed by atoms with E-state index < -0.39 is 22.2 Å². The molecular weight excluding hydrogens is 344 g/mol. The Labute approximate surface area is 146 Å². The third-order valence-electron chi connectivity index (χ3n) is 3.59. The molecule has 0 saturated heterocycles. The summed E-state index contributed by atoms with van der Waals surface area (Å²) in [6.45, 7) is 1.84. The highest BCUT2D eigenvalue weighted by Gasteiger charge is 2.24. The minimum absolute atomic E-state index is 0.0516. The van der Waals surface area contributed by atoms with Crippen LogP contribution in [-0.2, 0) is 0 Å². The zero-order valence-electron chi connectivity index (χ0n) is 13.5. The third kappa shape index (κ3) is 3.56. The zero-order valence-corrected chi connectivity index (χ0v) is 13.5. The molecule has 0 aliphatic rings. The van der Waals surface area contributed by atoms with Gasteiger partial charge < -0.3 is 10.6 Å². The Hall–Kier alpha value is -3.62. The first-order chi connectivity index (χ1) is 12.5. The van der Waals surface area contributed by atoms with Crippen LogP contribution in [0.1, 0.15) is 5.56 Å². The van der Waals surface area contributed by atoms with E-state index in [0.717, 1.165) is 24.0 Å². The molecule has 9 heteroatoms. The smallest absolute Gasteiger partial charge is 0.334 e. The number of aromatic nitrogens is 2. The summed E-state index contributed by atoms with van der Waals surface area (Å²) in [6.07, 6.45) is 1.11. The maximum absolute atomic E-state index is 13.8. The van der Waals surface area contributed by atoms with Crippen LogP contribution in [0.4, 0.5) is 37.5 Å². The number of nitrogens with one attached hydrogen (secondary N) is 2. The fourth-order valence-electron chi connectivity index (χ4n) is 2.29. The number of hydrogen-bond donors (Lipinski definition) is 2. The lowest BCUT2D eigenvalue weighted by Crippen LogP contribution is -2.06. The van der Waals surface area contributed by atoms with Crippen molar-refractivity contribution in [2.45, 2.75) is 6.92 Å². The van der Waals surface area contributed by atoms with E-state index in [1.165, 1.54) is 0 Å². The number of rotatable bonds is 5. The maximum Gasteiger partial charge on any atom is 0.353 e. The molecule has 0 aliphatic heterocycles. The van der Waals surface area contributed by atoms with E-state index in [1.807, 2.05) is 19.1 Å². The van der Waals surface area contributed by atoms with Crippen molar-refractivity contribution < 1.29 is 13.7 Å². The van der Waals surface area contributed by atoms with Gasteiger partial charge >= 0.3 is 5.69 Å². The molecule has 26 heavy (non-hydrogen) atoms. The first kappa shape index (κ1) is 17.2. The van der Waals surface area contributed by atoms with Crippen molar-refractivity contribution in [2.75, 3.05) is 10.6 Å². The highest BCUT2D eigenvalue weighted by atomic mass is 19.1. The second-order valence-electron chi connectivity index (χ2n) is 5.37. The van der Waals surface area contributed by atoms with Crippen LogP contribution < -0.4 is 10.6 Å². The summed E-state index contributed by atoms with van der Waals surface area (Å²) < 4.78 is 26.9. The summed E-state index contributed by atoms with van der Waals surface area (Å²) in [6, 6.07) is 10.0. The summed E-state index contributed by atoms with van der Waals surface area (Å²) >= 11 is 0. The summed E-state index contributed by atoms with van der Waals surface area (Å²) in [5.41, 5.74) is 0.891. The number of nitro groups is 1. The van der Waals surface area contributed by atoms with Gasteiger partial charge in [-0.3, -0.25) is 10.1 Å². The van der Waals surface area contributed by atoms with Gasteiger partial charge in [0.1, 0.15) is 18.0 Å². The summed E-state index contributed by atoms with van der Waals surface area (Å²) in [7, 11) is 0. The van der Waals surface area contributed by atoms with Gasteiger partial charge in [-0.25, -0.2) is 18.7 Å². The number of nitrogens with zero attached hydrogens (tertiary/aromatic N) is 3. The Kier molecular flexibility index (Phi) is 4.70. The molecule has 0 amide bonds. The molecule has 2 aromatic carbocycles. The molecule has 0 bridgehead atoms. The number of hydrogen-bond acceptors (Lipinski definition) is 6. The Balaban J connectivity index is 2.01. The molecular formula is C17H13F2N5O2. The Morgan fingerprint density at radius 2 is 1.65 bits per heavy atom. The Bertz CT molecular complexity index is 981. The average Bonchev–Trinajstić information content (AvgIpc) is 2.59. The van der Waals surface area contributed by atoms with Crippen molar-refractivity contribution in [2.24, 2.45) is 0 Å². The van der Waals surface area contributed by atoms with Crippen LogP contribution >= 0.6 is 0 Å². The van der Waals surface area contributed by atoms with Gasteiger partial charge in [-0.1, -0.05) is 18.2 Å². The Morgan fingerprint density at radius 3 is 2.27 bits per heavy atom. The molecule has 0 fully saturated rings. The maximum atomic E-state index is 13.8. The van der Waals surface area contributed by atoms with Crippen LogP contribution in [0.5, 0.6) is 0 Å². The third-order valence-corrected chi connectivity index (χ3v) is 3.59. The fourth-order valence-corrected chi connectivity index (χ4v) is 2.29. The monoisotopic (exact) mass is 357 g/mol. The van der Waals surface area contributed by atoms with Crippen molar-refractivity contribution in [1.29, 1.82) is 0 Å². The van der Waals surface area contributed by atoms with Gasteiger partial charge in [-0.15, -0.1) is 0 Å². The van der Waals surface area contributed by atoms with E-state index in [2.05, 4.69) is 20.6 Å². The number of anilines is 4. The van der Waals surface area contributed by atoms with Gasteiger partial charge in [0.15, 0.2) is 0 Å². The fraction of sp³-hybridized carbons (Fsp3) is 0.0588. The van der Waals surface area contributed by atoms with Gasteiger partial charge in [0.2, 0.25) is 11.6 Å². The van der Waals surface area contributed by atoms with Crippen LogP contribution in [0.15, 0.2) is 48.8 Å². The molecule has 0 spiro atoms. The molecule has 132 valence electrons. The summed E-state index contributed by atoms with van der Waals surface area (Å²) in [5, 5.41) is 16.9. The molecule has 0 saturated carbocycles. The van der Waals surface area contributed by atoms with Gasteiger partial charge in [0.25, 0.3) is 0 Å². The van der Waals surface area contributed by atoms with E-state index in [-0.39, 0.29) is 17.3 Å². The van der Waals surface area contributed by atoms with Crippen LogP contribution in [0.2, 0.25) is 0 Å². The topological polar surface area (TPSA) is 93.0 Å². The highest BCUT2D eigenvalue weighted by molar-refractivity contribution is 5.77. The van der Waals surface area contributed by atoms with Crippen molar-refractivity contribution in [3.8, 4) is 0 Å². The minimum atomic E-state index is -0.897. The van der Waals surface area contributed by atoms with Crippen LogP contribution in [0, 0.1) is 28.7 Å². The molecule has 7 nitrogen and oxygen atoms in total. The second-order valence-corrected chi connectivity index (χ2v) is 5.37. The molecule has 0 aliphatic carbocycles. The van der Waals surface area contributed by atoms with E-state index >= 15 is 0 Å². The van der Waals surface area contributed by atoms with Gasteiger partial charge in [0, 0.05) is 11.8 Å². The quantitative estimate of drug-likeness (QED) is 0.517. The average molecular weight is 357 g/mol. The standard InChI is InChI=1S/C17H13F2N5O2/c1-10-4-2-3-5-13(10)22-16-15(24(25)26)17(21-9-20-16)23-14-7-6-11(18)8-12(14)19/h2-9H,1H3,(H2,20,21,22,23). The van der Waals surface area contributed by atoms with Crippen LogP contribution in [0.3, 0.4) is 0 Å². The molecule has 0 unspecified atom stereocenters. The lowest BCUT2D eigenvalue weighted by molar-refractivity contribution is -0.383. The van der Waals surface area contributed by atoms with Crippen molar-refractivity contribution >= 4 is 28.7 Å².